The quantitative estimate of drug-likeness (QED) is 0.545. The zero-order valence-corrected chi connectivity index (χ0v) is 15.7. The van der Waals surface area contributed by atoms with E-state index in [0.717, 1.165) is 5.39 Å². The first-order chi connectivity index (χ1) is 14.7. The lowest BCUT2D eigenvalue weighted by Crippen LogP contribution is -2.17. The first-order valence-corrected chi connectivity index (χ1v) is 9.07. The average molecular weight is 393 g/mol. The monoisotopic (exact) mass is 393 g/mol. The smallest absolute Gasteiger partial charge is 0.274 e. The van der Waals surface area contributed by atoms with E-state index < -0.39 is 5.91 Å². The second kappa shape index (κ2) is 8.20. The van der Waals surface area contributed by atoms with Crippen molar-refractivity contribution < 1.29 is 9.59 Å². The van der Waals surface area contributed by atoms with Crippen molar-refractivity contribution in [3.8, 4) is 6.07 Å². The second-order valence-electron chi connectivity index (χ2n) is 6.38. The number of nitriles is 1. The van der Waals surface area contributed by atoms with Crippen molar-refractivity contribution in [2.24, 2.45) is 0 Å². The van der Waals surface area contributed by atoms with Crippen molar-refractivity contribution in [2.75, 3.05) is 10.6 Å². The first-order valence-electron chi connectivity index (χ1n) is 9.07. The maximum Gasteiger partial charge on any atom is 0.274 e. The number of pyridine rings is 2. The van der Waals surface area contributed by atoms with Crippen LogP contribution in [0.15, 0.2) is 79.1 Å². The van der Waals surface area contributed by atoms with Crippen molar-refractivity contribution in [3.63, 3.8) is 0 Å². The molecule has 0 saturated heterocycles. The molecule has 0 aliphatic rings. The van der Waals surface area contributed by atoms with E-state index in [9.17, 15) is 9.59 Å². The molecular weight excluding hydrogens is 378 g/mol. The average Bonchev–Trinajstić information content (AvgIpc) is 2.79. The molecule has 0 saturated carbocycles. The molecule has 2 N–H and O–H groups in total. The Morgan fingerprint density at radius 2 is 1.57 bits per heavy atom. The number of benzene rings is 2. The van der Waals surface area contributed by atoms with Crippen LogP contribution in [0.5, 0.6) is 0 Å². The lowest BCUT2D eigenvalue weighted by molar-refractivity contribution is 0.102. The van der Waals surface area contributed by atoms with Crippen molar-refractivity contribution in [1.82, 2.24) is 9.97 Å². The minimum absolute atomic E-state index is 0.0615. The van der Waals surface area contributed by atoms with Gasteiger partial charge in [-0.05, 0) is 36.4 Å². The van der Waals surface area contributed by atoms with Crippen LogP contribution in [0.2, 0.25) is 0 Å². The molecule has 2 heterocycles. The number of nitrogens with zero attached hydrogens (tertiary/aromatic N) is 3. The van der Waals surface area contributed by atoms with Crippen molar-refractivity contribution in [2.45, 2.75) is 0 Å². The van der Waals surface area contributed by atoms with Gasteiger partial charge in [-0.3, -0.25) is 19.6 Å². The fourth-order valence-corrected chi connectivity index (χ4v) is 2.97. The fourth-order valence-electron chi connectivity index (χ4n) is 2.97. The summed E-state index contributed by atoms with van der Waals surface area (Å²) in [5.74, 6) is -0.902. The van der Waals surface area contributed by atoms with Gasteiger partial charge in [-0.2, -0.15) is 5.26 Å². The molecule has 2 amide bonds. The van der Waals surface area contributed by atoms with Crippen LogP contribution in [0.3, 0.4) is 0 Å². The second-order valence-corrected chi connectivity index (χ2v) is 6.38. The summed E-state index contributed by atoms with van der Waals surface area (Å²) in [7, 11) is 0. The molecule has 0 aliphatic carbocycles. The normalized spacial score (nSPS) is 10.2. The third-order valence-electron chi connectivity index (χ3n) is 4.43. The van der Waals surface area contributed by atoms with Crippen LogP contribution >= 0.6 is 0 Å². The molecule has 4 aromatic rings. The third-order valence-corrected chi connectivity index (χ3v) is 4.43. The van der Waals surface area contributed by atoms with Crippen LogP contribution in [0, 0.1) is 11.3 Å². The van der Waals surface area contributed by atoms with Gasteiger partial charge in [0.1, 0.15) is 11.8 Å². The highest BCUT2D eigenvalue weighted by molar-refractivity contribution is 6.10. The standard InChI is InChI=1S/C23H15N5O2/c24-14-17-5-1-2-8-18(17)27-23(30)20-13-16(10-12-25-20)22(29)28-19-9-3-6-15-7-4-11-26-21(15)19/h1-13H,(H,27,30)(H,28,29). The summed E-state index contributed by atoms with van der Waals surface area (Å²) >= 11 is 0. The molecule has 0 radical (unpaired) electrons. The van der Waals surface area contributed by atoms with E-state index in [1.165, 1.54) is 18.3 Å². The van der Waals surface area contributed by atoms with Gasteiger partial charge >= 0.3 is 0 Å². The zero-order chi connectivity index (χ0) is 20.9. The Hall–Kier alpha value is -4.57. The van der Waals surface area contributed by atoms with Gasteiger partial charge in [0.15, 0.2) is 0 Å². The molecule has 0 spiro atoms. The molecule has 2 aromatic heterocycles. The van der Waals surface area contributed by atoms with Gasteiger partial charge < -0.3 is 10.6 Å². The minimum atomic E-state index is -0.515. The van der Waals surface area contributed by atoms with Crippen LogP contribution in [-0.2, 0) is 0 Å². The number of aromatic nitrogens is 2. The highest BCUT2D eigenvalue weighted by Crippen LogP contribution is 2.21. The molecule has 2 aromatic carbocycles. The van der Waals surface area contributed by atoms with Crippen molar-refractivity contribution in [1.29, 1.82) is 5.26 Å². The highest BCUT2D eigenvalue weighted by Gasteiger charge is 2.14. The van der Waals surface area contributed by atoms with Crippen LogP contribution in [-0.4, -0.2) is 21.8 Å². The fraction of sp³-hybridized carbons (Fsp3) is 0. The van der Waals surface area contributed by atoms with E-state index in [-0.39, 0.29) is 17.2 Å². The molecular formula is C23H15N5O2. The largest absolute Gasteiger partial charge is 0.320 e. The SMILES string of the molecule is N#Cc1ccccc1NC(=O)c1cc(C(=O)Nc2cccc3cccnc23)ccn1. The molecule has 7 heteroatoms. The molecule has 4 rings (SSSR count). The Balaban J connectivity index is 1.56. The maximum atomic E-state index is 12.7. The number of fused-ring (bicyclic) bond motifs is 1. The number of carbonyl (C=O) groups excluding carboxylic acids is 2. The van der Waals surface area contributed by atoms with E-state index in [4.69, 9.17) is 5.26 Å². The Labute approximate surface area is 172 Å². The van der Waals surface area contributed by atoms with E-state index >= 15 is 0 Å². The van der Waals surface area contributed by atoms with Crippen molar-refractivity contribution >= 4 is 34.1 Å². The summed E-state index contributed by atoms with van der Waals surface area (Å²) in [5.41, 5.74) is 2.30. The molecule has 0 aliphatic heterocycles. The Kier molecular flexibility index (Phi) is 5.14. The van der Waals surface area contributed by atoms with E-state index in [2.05, 4.69) is 20.6 Å². The zero-order valence-electron chi connectivity index (χ0n) is 15.7. The lowest BCUT2D eigenvalue weighted by Gasteiger charge is -2.09. The van der Waals surface area contributed by atoms with Gasteiger partial charge in [-0.25, -0.2) is 0 Å². The summed E-state index contributed by atoms with van der Waals surface area (Å²) in [6.07, 6.45) is 3.05. The maximum absolute atomic E-state index is 12.7. The van der Waals surface area contributed by atoms with E-state index in [0.29, 0.717) is 22.5 Å². The third kappa shape index (κ3) is 3.84. The van der Waals surface area contributed by atoms with Gasteiger partial charge in [0.2, 0.25) is 0 Å². The predicted molar refractivity (Wildman–Crippen MR) is 113 cm³/mol. The molecule has 0 bridgehead atoms. The summed E-state index contributed by atoms with van der Waals surface area (Å²) in [6.45, 7) is 0. The van der Waals surface area contributed by atoms with Crippen LogP contribution < -0.4 is 10.6 Å². The van der Waals surface area contributed by atoms with E-state index in [1.54, 1.807) is 36.5 Å². The number of anilines is 2. The molecule has 7 nitrogen and oxygen atoms in total. The Morgan fingerprint density at radius 1 is 0.800 bits per heavy atom. The molecule has 0 fully saturated rings. The minimum Gasteiger partial charge on any atom is -0.320 e. The van der Waals surface area contributed by atoms with Crippen LogP contribution in [0.1, 0.15) is 26.4 Å². The molecule has 30 heavy (non-hydrogen) atoms. The first kappa shape index (κ1) is 18.8. The van der Waals surface area contributed by atoms with Gasteiger partial charge in [0.25, 0.3) is 11.8 Å². The van der Waals surface area contributed by atoms with E-state index in [1.807, 2.05) is 30.3 Å². The topological polar surface area (TPSA) is 108 Å². The molecule has 0 atom stereocenters. The number of carbonyl (C=O) groups is 2. The van der Waals surface area contributed by atoms with Gasteiger partial charge in [-0.1, -0.05) is 30.3 Å². The summed E-state index contributed by atoms with van der Waals surface area (Å²) in [4.78, 5) is 33.7. The highest BCUT2D eigenvalue weighted by atomic mass is 16.2. The number of rotatable bonds is 4. The Bertz CT molecular complexity index is 1300. The number of amides is 2. The molecule has 144 valence electrons. The van der Waals surface area contributed by atoms with Gasteiger partial charge in [0.05, 0.1) is 22.5 Å². The summed E-state index contributed by atoms with van der Waals surface area (Å²) < 4.78 is 0. The van der Waals surface area contributed by atoms with Crippen LogP contribution in [0.4, 0.5) is 11.4 Å². The summed E-state index contributed by atoms with van der Waals surface area (Å²) in [6, 6.07) is 20.8. The number of hydrogen-bond acceptors (Lipinski definition) is 5. The lowest BCUT2D eigenvalue weighted by atomic mass is 10.1. The number of nitrogens with one attached hydrogen (secondary N) is 2. The molecule has 0 unspecified atom stereocenters. The predicted octanol–water partition coefficient (Wildman–Crippen LogP) is 4.01. The van der Waals surface area contributed by atoms with Gasteiger partial charge in [-0.15, -0.1) is 0 Å². The van der Waals surface area contributed by atoms with Crippen molar-refractivity contribution in [3.05, 3.63) is 95.9 Å². The van der Waals surface area contributed by atoms with Gasteiger partial charge in [0, 0.05) is 23.3 Å². The summed E-state index contributed by atoms with van der Waals surface area (Å²) in [5, 5.41) is 15.5. The number of hydrogen-bond donors (Lipinski definition) is 2. The van der Waals surface area contributed by atoms with Crippen LogP contribution in [0.25, 0.3) is 10.9 Å². The Morgan fingerprint density at radius 3 is 2.43 bits per heavy atom. The number of para-hydroxylation sites is 2.